The van der Waals surface area contributed by atoms with Crippen LogP contribution in [0.1, 0.15) is 43.2 Å². The first-order valence-corrected chi connectivity index (χ1v) is 11.2. The minimum atomic E-state index is 0.0508. The van der Waals surface area contributed by atoms with E-state index in [1.165, 1.54) is 32.1 Å². The van der Waals surface area contributed by atoms with E-state index < -0.39 is 0 Å². The van der Waals surface area contributed by atoms with Gasteiger partial charge in [-0.05, 0) is 43.1 Å². The van der Waals surface area contributed by atoms with Crippen molar-refractivity contribution in [2.45, 2.75) is 44.6 Å². The van der Waals surface area contributed by atoms with Gasteiger partial charge in [-0.1, -0.05) is 49.6 Å². The molecule has 0 unspecified atom stereocenters. The lowest BCUT2D eigenvalue weighted by Gasteiger charge is -2.31. The van der Waals surface area contributed by atoms with Crippen LogP contribution in [0.3, 0.4) is 0 Å². The Labute approximate surface area is 184 Å². The highest BCUT2D eigenvalue weighted by atomic mass is 16.1. The number of fused-ring (bicyclic) bond motifs is 1. The zero-order valence-electron chi connectivity index (χ0n) is 18.2. The lowest BCUT2D eigenvalue weighted by molar-refractivity contribution is -0.120. The number of likely N-dealkylation sites (N-methyl/N-ethyl adjacent to an activating group) is 1. The third kappa shape index (κ3) is 4.98. The summed E-state index contributed by atoms with van der Waals surface area (Å²) in [5.41, 5.74) is 4.66. The van der Waals surface area contributed by atoms with Crippen LogP contribution in [0, 0.1) is 11.3 Å². The largest absolute Gasteiger partial charge is 0.360 e. The molecule has 0 spiro atoms. The van der Waals surface area contributed by atoms with Gasteiger partial charge in [0.25, 0.3) is 0 Å². The molecule has 1 amide bonds. The number of nitriles is 1. The molecule has 1 fully saturated rings. The fourth-order valence-electron chi connectivity index (χ4n) is 4.67. The molecular formula is C26H30N4O. The van der Waals surface area contributed by atoms with Gasteiger partial charge in [0, 0.05) is 36.3 Å². The summed E-state index contributed by atoms with van der Waals surface area (Å²) in [5.74, 6) is 0.0508. The molecule has 1 aliphatic rings. The number of rotatable bonds is 7. The number of H-pyrrole nitrogens is 1. The molecule has 4 rings (SSSR count). The zero-order chi connectivity index (χ0) is 21.6. The van der Waals surface area contributed by atoms with Crippen molar-refractivity contribution in [3.63, 3.8) is 0 Å². The summed E-state index contributed by atoms with van der Waals surface area (Å²) >= 11 is 0. The highest BCUT2D eigenvalue weighted by Gasteiger charge is 2.18. The number of para-hydroxylation sites is 1. The van der Waals surface area contributed by atoms with Crippen molar-refractivity contribution in [2.24, 2.45) is 0 Å². The minimum Gasteiger partial charge on any atom is -0.360 e. The normalized spacial score (nSPS) is 14.6. The van der Waals surface area contributed by atoms with E-state index in [4.69, 9.17) is 0 Å². The van der Waals surface area contributed by atoms with Crippen molar-refractivity contribution >= 4 is 16.8 Å². The molecule has 2 N–H and O–H groups in total. The Bertz CT molecular complexity index is 1090. The van der Waals surface area contributed by atoms with Gasteiger partial charge in [-0.25, -0.2) is 0 Å². The molecule has 0 saturated heterocycles. The van der Waals surface area contributed by atoms with Crippen molar-refractivity contribution in [2.75, 3.05) is 20.1 Å². The Kier molecular flexibility index (Phi) is 6.69. The number of hydrogen-bond donors (Lipinski definition) is 2. The van der Waals surface area contributed by atoms with Crippen LogP contribution >= 0.6 is 0 Å². The average molecular weight is 415 g/mol. The highest BCUT2D eigenvalue weighted by Crippen LogP contribution is 2.30. The molecule has 5 nitrogen and oxygen atoms in total. The van der Waals surface area contributed by atoms with Crippen LogP contribution in [0.15, 0.2) is 48.7 Å². The van der Waals surface area contributed by atoms with Gasteiger partial charge in [-0.15, -0.1) is 0 Å². The molecule has 3 aromatic rings. The fraction of sp³-hybridized carbons (Fsp3) is 0.385. The second kappa shape index (κ2) is 9.80. The van der Waals surface area contributed by atoms with Gasteiger partial charge in [0.2, 0.25) is 5.91 Å². The Morgan fingerprint density at radius 2 is 2.00 bits per heavy atom. The smallest absolute Gasteiger partial charge is 0.224 e. The van der Waals surface area contributed by atoms with Gasteiger partial charge < -0.3 is 15.2 Å². The van der Waals surface area contributed by atoms with Crippen molar-refractivity contribution in [3.8, 4) is 17.2 Å². The second-order valence-electron chi connectivity index (χ2n) is 8.53. The Hall–Kier alpha value is -3.10. The van der Waals surface area contributed by atoms with Gasteiger partial charge >= 0.3 is 0 Å². The summed E-state index contributed by atoms with van der Waals surface area (Å²) < 4.78 is 0. The van der Waals surface area contributed by atoms with Gasteiger partial charge in [-0.3, -0.25) is 4.79 Å². The predicted octanol–water partition coefficient (Wildman–Crippen LogP) is 4.63. The monoisotopic (exact) mass is 414 g/mol. The van der Waals surface area contributed by atoms with Crippen molar-refractivity contribution < 1.29 is 4.79 Å². The van der Waals surface area contributed by atoms with Gasteiger partial charge in [0.05, 0.1) is 23.6 Å². The van der Waals surface area contributed by atoms with Crippen LogP contribution in [0.5, 0.6) is 0 Å². The number of amides is 1. The number of carbonyl (C=O) groups is 1. The maximum Gasteiger partial charge on any atom is 0.224 e. The van der Waals surface area contributed by atoms with Crippen molar-refractivity contribution in [1.29, 1.82) is 5.26 Å². The molecular weight excluding hydrogens is 384 g/mol. The molecule has 0 atom stereocenters. The van der Waals surface area contributed by atoms with Gasteiger partial charge in [0.1, 0.15) is 0 Å². The van der Waals surface area contributed by atoms with E-state index in [1.807, 2.05) is 42.6 Å². The third-order valence-electron chi connectivity index (χ3n) is 6.44. The molecule has 0 aliphatic heterocycles. The van der Waals surface area contributed by atoms with E-state index in [2.05, 4.69) is 28.3 Å². The Morgan fingerprint density at radius 1 is 1.19 bits per heavy atom. The predicted molar refractivity (Wildman–Crippen MR) is 125 cm³/mol. The molecule has 1 heterocycles. The van der Waals surface area contributed by atoms with E-state index in [9.17, 15) is 10.1 Å². The van der Waals surface area contributed by atoms with E-state index in [-0.39, 0.29) is 5.91 Å². The lowest BCUT2D eigenvalue weighted by atomic mass is 9.94. The average Bonchev–Trinajstić information content (AvgIpc) is 3.22. The summed E-state index contributed by atoms with van der Waals surface area (Å²) in [4.78, 5) is 18.3. The van der Waals surface area contributed by atoms with Crippen LogP contribution in [0.25, 0.3) is 22.0 Å². The number of benzene rings is 2. The van der Waals surface area contributed by atoms with E-state index in [0.29, 0.717) is 24.6 Å². The molecule has 2 aromatic carbocycles. The summed E-state index contributed by atoms with van der Waals surface area (Å²) in [6.07, 6.45) is 8.84. The Balaban J connectivity index is 1.40. The SMILES string of the molecule is CN(CCNC(=O)Cc1c[nH]c2c(-c3cccc(C#N)c3)cccc12)C1CCCCC1. The number of nitrogens with zero attached hydrogens (tertiary/aromatic N) is 2. The molecule has 5 heteroatoms. The molecule has 0 bridgehead atoms. The van der Waals surface area contributed by atoms with Crippen molar-refractivity contribution in [3.05, 3.63) is 59.8 Å². The number of carbonyl (C=O) groups excluding carboxylic acids is 1. The molecule has 31 heavy (non-hydrogen) atoms. The topological polar surface area (TPSA) is 71.9 Å². The first-order valence-electron chi connectivity index (χ1n) is 11.2. The summed E-state index contributed by atoms with van der Waals surface area (Å²) in [7, 11) is 2.17. The molecule has 1 aromatic heterocycles. The third-order valence-corrected chi connectivity index (χ3v) is 6.44. The minimum absolute atomic E-state index is 0.0508. The lowest BCUT2D eigenvalue weighted by Crippen LogP contribution is -2.39. The van der Waals surface area contributed by atoms with E-state index in [1.54, 1.807) is 6.07 Å². The number of aromatic amines is 1. The zero-order valence-corrected chi connectivity index (χ0v) is 18.2. The molecule has 0 radical (unpaired) electrons. The van der Waals surface area contributed by atoms with Crippen LogP contribution in [0.4, 0.5) is 0 Å². The maximum atomic E-state index is 12.6. The van der Waals surface area contributed by atoms with Gasteiger partial charge in [0.15, 0.2) is 0 Å². The molecule has 1 aliphatic carbocycles. The van der Waals surface area contributed by atoms with Crippen LogP contribution in [-0.2, 0) is 11.2 Å². The van der Waals surface area contributed by atoms with E-state index in [0.717, 1.165) is 34.1 Å². The Morgan fingerprint density at radius 3 is 2.81 bits per heavy atom. The maximum absolute atomic E-state index is 12.6. The van der Waals surface area contributed by atoms with Crippen molar-refractivity contribution in [1.82, 2.24) is 15.2 Å². The first kappa shape index (κ1) is 21.1. The summed E-state index contributed by atoms with van der Waals surface area (Å²) in [6, 6.07) is 16.6. The summed E-state index contributed by atoms with van der Waals surface area (Å²) in [5, 5.41) is 13.3. The number of nitrogens with one attached hydrogen (secondary N) is 2. The summed E-state index contributed by atoms with van der Waals surface area (Å²) in [6.45, 7) is 1.57. The van der Waals surface area contributed by atoms with Gasteiger partial charge in [-0.2, -0.15) is 5.26 Å². The quantitative estimate of drug-likeness (QED) is 0.592. The highest BCUT2D eigenvalue weighted by molar-refractivity contribution is 5.98. The second-order valence-corrected chi connectivity index (χ2v) is 8.53. The van der Waals surface area contributed by atoms with Crippen LogP contribution < -0.4 is 5.32 Å². The van der Waals surface area contributed by atoms with E-state index >= 15 is 0 Å². The molecule has 1 saturated carbocycles. The number of aromatic nitrogens is 1. The van der Waals surface area contributed by atoms with Crippen LogP contribution in [-0.4, -0.2) is 42.0 Å². The first-order chi connectivity index (χ1) is 15.2. The molecule has 160 valence electrons. The fourth-order valence-corrected chi connectivity index (χ4v) is 4.67. The van der Waals surface area contributed by atoms with Crippen LogP contribution in [0.2, 0.25) is 0 Å². The standard InChI is InChI=1S/C26H30N4O/c1-30(22-9-3-2-4-10-22)14-13-28-25(31)16-21-18-29-26-23(11-6-12-24(21)26)20-8-5-7-19(15-20)17-27/h5-8,11-12,15,18,22,29H,2-4,9-10,13-14,16H2,1H3,(H,28,31). The number of hydrogen-bond acceptors (Lipinski definition) is 3.